The van der Waals surface area contributed by atoms with Crippen LogP contribution in [0.3, 0.4) is 0 Å². The van der Waals surface area contributed by atoms with Crippen molar-refractivity contribution in [3.05, 3.63) is 57.9 Å². The molecule has 5 nitrogen and oxygen atoms in total. The Hall–Kier alpha value is -3.30. The summed E-state index contributed by atoms with van der Waals surface area (Å²) < 4.78 is 16.2. The van der Waals surface area contributed by atoms with Gasteiger partial charge in [0.1, 0.15) is 11.1 Å². The molecule has 0 radical (unpaired) electrons. The zero-order chi connectivity index (χ0) is 20.1. The summed E-state index contributed by atoms with van der Waals surface area (Å²) >= 11 is 1.43. The van der Waals surface area contributed by atoms with Crippen LogP contribution >= 0.6 is 11.3 Å². The van der Waals surface area contributed by atoms with E-state index in [4.69, 9.17) is 14.2 Å². The second-order valence-electron chi connectivity index (χ2n) is 6.00. The van der Waals surface area contributed by atoms with E-state index in [1.165, 1.54) is 16.9 Å². The van der Waals surface area contributed by atoms with Crippen molar-refractivity contribution in [2.24, 2.45) is 0 Å². The first-order valence-corrected chi connectivity index (χ1v) is 9.43. The monoisotopic (exact) mass is 392 g/mol. The van der Waals surface area contributed by atoms with Gasteiger partial charge in [0.15, 0.2) is 11.5 Å². The number of hydrogen-bond acceptors (Lipinski definition) is 6. The van der Waals surface area contributed by atoms with Gasteiger partial charge in [-0.2, -0.15) is 5.26 Å². The molecule has 1 heterocycles. The van der Waals surface area contributed by atoms with Gasteiger partial charge in [0, 0.05) is 16.5 Å². The second-order valence-corrected chi connectivity index (χ2v) is 6.86. The minimum atomic E-state index is 0.453. The van der Waals surface area contributed by atoms with Gasteiger partial charge < -0.3 is 14.2 Å². The van der Waals surface area contributed by atoms with Crippen LogP contribution in [0, 0.1) is 18.3 Å². The summed E-state index contributed by atoms with van der Waals surface area (Å²) in [6.07, 6.45) is 1.75. The van der Waals surface area contributed by atoms with Crippen LogP contribution in [-0.4, -0.2) is 26.3 Å². The smallest absolute Gasteiger partial charge is 0.203 e. The highest BCUT2D eigenvalue weighted by atomic mass is 32.1. The number of ether oxygens (including phenoxy) is 3. The van der Waals surface area contributed by atoms with E-state index < -0.39 is 0 Å². The highest BCUT2D eigenvalue weighted by Crippen LogP contribution is 2.41. The van der Waals surface area contributed by atoms with Crippen molar-refractivity contribution in [3.63, 3.8) is 0 Å². The molecule has 3 aromatic rings. The fraction of sp³-hybridized carbons (Fsp3) is 0.182. The fourth-order valence-corrected chi connectivity index (χ4v) is 3.58. The van der Waals surface area contributed by atoms with Crippen molar-refractivity contribution >= 4 is 23.0 Å². The van der Waals surface area contributed by atoms with Crippen molar-refractivity contribution in [3.8, 4) is 34.6 Å². The Morgan fingerprint density at radius 1 is 1.00 bits per heavy atom. The van der Waals surface area contributed by atoms with Gasteiger partial charge in [-0.25, -0.2) is 4.98 Å². The van der Waals surface area contributed by atoms with Crippen LogP contribution in [0.4, 0.5) is 0 Å². The first kappa shape index (κ1) is 19.5. The Bertz CT molecular complexity index is 1050. The lowest BCUT2D eigenvalue weighted by Crippen LogP contribution is -1.97. The number of nitriles is 1. The maximum atomic E-state index is 9.70. The molecule has 0 spiro atoms. The van der Waals surface area contributed by atoms with E-state index in [2.05, 4.69) is 11.1 Å². The molecule has 0 aliphatic heterocycles. The average molecular weight is 392 g/mol. The van der Waals surface area contributed by atoms with E-state index >= 15 is 0 Å². The molecule has 142 valence electrons. The Balaban J connectivity index is 2.02. The first-order valence-electron chi connectivity index (χ1n) is 8.55. The predicted molar refractivity (Wildman–Crippen MR) is 112 cm³/mol. The number of thiazole rings is 1. The van der Waals surface area contributed by atoms with E-state index in [1.807, 2.05) is 42.6 Å². The highest BCUT2D eigenvalue weighted by Gasteiger charge is 2.16. The summed E-state index contributed by atoms with van der Waals surface area (Å²) in [6.45, 7) is 2.04. The summed E-state index contributed by atoms with van der Waals surface area (Å²) in [4.78, 5) is 4.64. The van der Waals surface area contributed by atoms with Gasteiger partial charge in [-0.05, 0) is 25.1 Å². The molecule has 0 atom stereocenters. The molecule has 0 saturated heterocycles. The van der Waals surface area contributed by atoms with Crippen molar-refractivity contribution in [1.29, 1.82) is 5.26 Å². The summed E-state index contributed by atoms with van der Waals surface area (Å²) in [5.41, 5.74) is 4.23. The quantitative estimate of drug-likeness (QED) is 0.539. The van der Waals surface area contributed by atoms with Crippen molar-refractivity contribution in [2.75, 3.05) is 21.3 Å². The normalized spacial score (nSPS) is 11.0. The van der Waals surface area contributed by atoms with Gasteiger partial charge >= 0.3 is 0 Å². The SMILES string of the molecule is COc1ccc(/C=C(\C#N)c2nc(-c3ccc(C)cc3)cs2)c(OC)c1OC. The van der Waals surface area contributed by atoms with E-state index in [9.17, 15) is 5.26 Å². The summed E-state index contributed by atoms with van der Waals surface area (Å²) in [6, 6.07) is 14.0. The molecule has 3 rings (SSSR count). The fourth-order valence-electron chi connectivity index (χ4n) is 2.79. The van der Waals surface area contributed by atoms with Crippen LogP contribution in [0.15, 0.2) is 41.8 Å². The number of allylic oxidation sites excluding steroid dienone is 1. The largest absolute Gasteiger partial charge is 0.493 e. The zero-order valence-corrected chi connectivity index (χ0v) is 17.0. The minimum Gasteiger partial charge on any atom is -0.493 e. The van der Waals surface area contributed by atoms with E-state index in [0.29, 0.717) is 33.4 Å². The Labute approximate surface area is 168 Å². The van der Waals surface area contributed by atoms with Crippen LogP contribution < -0.4 is 14.2 Å². The number of aromatic nitrogens is 1. The van der Waals surface area contributed by atoms with Crippen LogP contribution in [0.5, 0.6) is 17.2 Å². The molecular weight excluding hydrogens is 372 g/mol. The second kappa shape index (κ2) is 8.59. The molecule has 0 unspecified atom stereocenters. The average Bonchev–Trinajstić information content (AvgIpc) is 3.21. The molecule has 0 aliphatic rings. The van der Waals surface area contributed by atoms with Gasteiger partial charge in [0.05, 0.1) is 32.6 Å². The lowest BCUT2D eigenvalue weighted by atomic mass is 10.1. The summed E-state index contributed by atoms with van der Waals surface area (Å²) in [7, 11) is 4.67. The molecule has 0 fully saturated rings. The lowest BCUT2D eigenvalue weighted by Gasteiger charge is -2.14. The molecule has 1 aromatic heterocycles. The molecule has 0 bridgehead atoms. The van der Waals surface area contributed by atoms with Crippen molar-refractivity contribution in [2.45, 2.75) is 6.92 Å². The Morgan fingerprint density at radius 2 is 1.71 bits per heavy atom. The third kappa shape index (κ3) is 3.85. The highest BCUT2D eigenvalue weighted by molar-refractivity contribution is 7.11. The van der Waals surface area contributed by atoms with Gasteiger partial charge in [0.25, 0.3) is 0 Å². The van der Waals surface area contributed by atoms with Gasteiger partial charge in [-0.3, -0.25) is 0 Å². The van der Waals surface area contributed by atoms with Crippen molar-refractivity contribution in [1.82, 2.24) is 4.98 Å². The van der Waals surface area contributed by atoms with Crippen LogP contribution in [-0.2, 0) is 0 Å². The summed E-state index contributed by atoms with van der Waals surface area (Å²) in [5.74, 6) is 1.55. The Kier molecular flexibility index (Phi) is 5.97. The minimum absolute atomic E-state index is 0.453. The third-order valence-electron chi connectivity index (χ3n) is 4.24. The van der Waals surface area contributed by atoms with Gasteiger partial charge in [-0.15, -0.1) is 11.3 Å². The first-order chi connectivity index (χ1) is 13.6. The van der Waals surface area contributed by atoms with Gasteiger partial charge in [-0.1, -0.05) is 29.8 Å². The summed E-state index contributed by atoms with van der Waals surface area (Å²) in [5, 5.41) is 12.3. The molecule has 0 N–H and O–H groups in total. The topological polar surface area (TPSA) is 64.4 Å². The number of rotatable bonds is 6. The molecule has 0 aliphatic carbocycles. The van der Waals surface area contributed by atoms with Crippen molar-refractivity contribution < 1.29 is 14.2 Å². The van der Waals surface area contributed by atoms with Crippen LogP contribution in [0.25, 0.3) is 22.9 Å². The zero-order valence-electron chi connectivity index (χ0n) is 16.1. The predicted octanol–water partition coefficient (Wildman–Crippen LogP) is 5.21. The number of hydrogen-bond donors (Lipinski definition) is 0. The maximum Gasteiger partial charge on any atom is 0.203 e. The number of benzene rings is 2. The Morgan fingerprint density at radius 3 is 2.32 bits per heavy atom. The third-order valence-corrected chi connectivity index (χ3v) is 5.11. The molecule has 2 aromatic carbocycles. The standard InChI is InChI=1S/C22H20N2O3S/c1-14-5-7-15(8-6-14)18-13-28-22(24-18)17(12-23)11-16-9-10-19(25-2)21(27-4)20(16)26-3/h5-11,13H,1-4H3/b17-11+. The van der Waals surface area contributed by atoms with E-state index in [-0.39, 0.29) is 0 Å². The number of aryl methyl sites for hydroxylation is 1. The number of methoxy groups -OCH3 is 3. The molecular formula is C22H20N2O3S. The number of nitrogens with zero attached hydrogens (tertiary/aromatic N) is 2. The lowest BCUT2D eigenvalue weighted by molar-refractivity contribution is 0.324. The van der Waals surface area contributed by atoms with Crippen LogP contribution in [0.2, 0.25) is 0 Å². The molecule has 28 heavy (non-hydrogen) atoms. The molecule has 6 heteroatoms. The van der Waals surface area contributed by atoms with Crippen LogP contribution in [0.1, 0.15) is 16.1 Å². The van der Waals surface area contributed by atoms with E-state index in [0.717, 1.165) is 11.3 Å². The molecule has 0 amide bonds. The maximum absolute atomic E-state index is 9.70. The molecule has 0 saturated carbocycles. The van der Waals surface area contributed by atoms with E-state index in [1.54, 1.807) is 33.5 Å². The van der Waals surface area contributed by atoms with Gasteiger partial charge in [0.2, 0.25) is 5.75 Å².